The van der Waals surface area contributed by atoms with Crippen LogP contribution in [0.25, 0.3) is 0 Å². The van der Waals surface area contributed by atoms with Crippen LogP contribution in [0.4, 0.5) is 0 Å². The molecule has 2 heteroatoms. The van der Waals surface area contributed by atoms with Gasteiger partial charge in [0.1, 0.15) is 0 Å². The lowest BCUT2D eigenvalue weighted by atomic mass is 9.69. The van der Waals surface area contributed by atoms with Gasteiger partial charge in [-0.1, -0.05) is 27.2 Å². The second-order valence-corrected chi connectivity index (χ2v) is 5.66. The van der Waals surface area contributed by atoms with Gasteiger partial charge < -0.3 is 5.11 Å². The first-order valence-corrected chi connectivity index (χ1v) is 6.65. The average Bonchev–Trinajstić information content (AvgIpc) is 2.26. The van der Waals surface area contributed by atoms with E-state index in [1.165, 1.54) is 0 Å². The second-order valence-electron chi connectivity index (χ2n) is 5.66. The van der Waals surface area contributed by atoms with Crippen LogP contribution >= 0.6 is 0 Å². The third-order valence-corrected chi connectivity index (χ3v) is 4.22. The molecule has 0 aliphatic heterocycles. The van der Waals surface area contributed by atoms with E-state index in [0.717, 1.165) is 44.4 Å². The third-order valence-electron chi connectivity index (χ3n) is 4.22. The van der Waals surface area contributed by atoms with Gasteiger partial charge in [0.25, 0.3) is 0 Å². The Bertz CT molecular complexity index is 246. The van der Waals surface area contributed by atoms with Gasteiger partial charge in [-0.05, 0) is 43.9 Å². The third kappa shape index (κ3) is 2.98. The highest BCUT2D eigenvalue weighted by atomic mass is 16.3. The van der Waals surface area contributed by atoms with Crippen molar-refractivity contribution in [2.45, 2.75) is 64.9 Å². The van der Waals surface area contributed by atoms with E-state index in [0.29, 0.717) is 5.92 Å². The summed E-state index contributed by atoms with van der Waals surface area (Å²) in [6.45, 7) is 6.58. The van der Waals surface area contributed by atoms with Crippen molar-refractivity contribution in [1.82, 2.24) is 0 Å². The van der Waals surface area contributed by atoms with Crippen molar-refractivity contribution in [3.05, 3.63) is 0 Å². The highest BCUT2D eigenvalue weighted by Gasteiger charge is 2.40. The van der Waals surface area contributed by atoms with Crippen LogP contribution in [-0.4, -0.2) is 10.7 Å². The molecule has 0 radical (unpaired) electrons. The van der Waals surface area contributed by atoms with Crippen molar-refractivity contribution in [1.29, 1.82) is 5.26 Å². The number of nitrogens with zero attached hydrogens (tertiary/aromatic N) is 1. The fourth-order valence-electron chi connectivity index (χ4n) is 2.90. The summed E-state index contributed by atoms with van der Waals surface area (Å²) >= 11 is 0. The van der Waals surface area contributed by atoms with Crippen LogP contribution in [0.2, 0.25) is 0 Å². The van der Waals surface area contributed by atoms with Crippen molar-refractivity contribution in [2.75, 3.05) is 0 Å². The predicted molar refractivity (Wildman–Crippen MR) is 65.8 cm³/mol. The average molecular weight is 223 g/mol. The molecule has 1 rings (SSSR count). The molecule has 2 nitrogen and oxygen atoms in total. The van der Waals surface area contributed by atoms with Crippen molar-refractivity contribution in [3.8, 4) is 6.07 Å². The van der Waals surface area contributed by atoms with Crippen LogP contribution in [-0.2, 0) is 0 Å². The van der Waals surface area contributed by atoms with Crippen LogP contribution in [0.5, 0.6) is 0 Å². The zero-order chi connectivity index (χ0) is 12.2. The monoisotopic (exact) mass is 223 g/mol. The van der Waals surface area contributed by atoms with Gasteiger partial charge in [-0.25, -0.2) is 0 Å². The Kier molecular flexibility index (Phi) is 4.80. The Labute approximate surface area is 99.7 Å². The van der Waals surface area contributed by atoms with Crippen LogP contribution < -0.4 is 0 Å². The summed E-state index contributed by atoms with van der Waals surface area (Å²) in [7, 11) is 0. The molecule has 1 aliphatic carbocycles. The molecule has 0 spiro atoms. The minimum atomic E-state index is -0.698. The summed E-state index contributed by atoms with van der Waals surface area (Å²) < 4.78 is 0. The zero-order valence-electron chi connectivity index (χ0n) is 10.9. The lowest BCUT2D eigenvalue weighted by Gasteiger charge is -2.40. The SMILES string of the molecule is CCCC(C#N)C1(O)CCC(C(C)C)CC1. The van der Waals surface area contributed by atoms with Crippen molar-refractivity contribution in [3.63, 3.8) is 0 Å². The maximum absolute atomic E-state index is 10.5. The standard InChI is InChI=1S/C14H25NO/c1-4-5-13(10-15)14(16)8-6-12(7-9-14)11(2)3/h11-13,16H,4-9H2,1-3H3. The topological polar surface area (TPSA) is 44.0 Å². The summed E-state index contributed by atoms with van der Waals surface area (Å²) in [6.07, 6.45) is 5.60. The lowest BCUT2D eigenvalue weighted by molar-refractivity contribution is -0.0486. The molecular weight excluding hydrogens is 198 g/mol. The highest BCUT2D eigenvalue weighted by molar-refractivity contribution is 5.00. The summed E-state index contributed by atoms with van der Waals surface area (Å²) in [4.78, 5) is 0. The van der Waals surface area contributed by atoms with Gasteiger partial charge in [0.15, 0.2) is 0 Å². The molecule has 1 aliphatic rings. The zero-order valence-corrected chi connectivity index (χ0v) is 10.9. The molecule has 16 heavy (non-hydrogen) atoms. The van der Waals surface area contributed by atoms with Gasteiger partial charge in [0.2, 0.25) is 0 Å². The van der Waals surface area contributed by atoms with E-state index < -0.39 is 5.60 Å². The van der Waals surface area contributed by atoms with Gasteiger partial charge in [-0.3, -0.25) is 0 Å². The quantitative estimate of drug-likeness (QED) is 0.792. The Morgan fingerprint density at radius 2 is 1.94 bits per heavy atom. The van der Waals surface area contributed by atoms with Crippen molar-refractivity contribution in [2.24, 2.45) is 17.8 Å². The van der Waals surface area contributed by atoms with E-state index in [9.17, 15) is 5.11 Å². The molecule has 0 bridgehead atoms. The lowest BCUT2D eigenvalue weighted by Crippen LogP contribution is -2.41. The van der Waals surface area contributed by atoms with Gasteiger partial charge >= 0.3 is 0 Å². The first kappa shape index (κ1) is 13.5. The summed E-state index contributed by atoms with van der Waals surface area (Å²) in [5.74, 6) is 1.28. The highest BCUT2D eigenvalue weighted by Crippen LogP contribution is 2.40. The molecule has 1 fully saturated rings. The predicted octanol–water partition coefficient (Wildman–Crippen LogP) is 3.50. The largest absolute Gasteiger partial charge is 0.389 e. The minimum absolute atomic E-state index is 0.161. The van der Waals surface area contributed by atoms with Gasteiger partial charge in [-0.2, -0.15) is 5.26 Å². The van der Waals surface area contributed by atoms with Crippen molar-refractivity contribution >= 4 is 0 Å². The molecule has 1 unspecified atom stereocenters. The molecular formula is C14H25NO. The van der Waals surface area contributed by atoms with E-state index in [1.54, 1.807) is 0 Å². The molecule has 1 N–H and O–H groups in total. The Balaban J connectivity index is 2.58. The van der Waals surface area contributed by atoms with E-state index in [1.807, 2.05) is 0 Å². The molecule has 0 saturated heterocycles. The summed E-state index contributed by atoms with van der Waals surface area (Å²) in [5.41, 5.74) is -0.698. The van der Waals surface area contributed by atoms with E-state index in [4.69, 9.17) is 5.26 Å². The molecule has 0 heterocycles. The summed E-state index contributed by atoms with van der Waals surface area (Å²) in [6, 6.07) is 2.31. The van der Waals surface area contributed by atoms with Crippen LogP contribution in [0, 0.1) is 29.1 Å². The maximum Gasteiger partial charge on any atom is 0.0805 e. The minimum Gasteiger partial charge on any atom is -0.389 e. The number of rotatable bonds is 4. The molecule has 0 aromatic heterocycles. The van der Waals surface area contributed by atoms with Gasteiger partial charge in [0.05, 0.1) is 17.6 Å². The smallest absolute Gasteiger partial charge is 0.0805 e. The van der Waals surface area contributed by atoms with Crippen LogP contribution in [0.15, 0.2) is 0 Å². The van der Waals surface area contributed by atoms with E-state index in [-0.39, 0.29) is 5.92 Å². The Morgan fingerprint density at radius 1 is 1.38 bits per heavy atom. The maximum atomic E-state index is 10.5. The Morgan fingerprint density at radius 3 is 2.31 bits per heavy atom. The Hall–Kier alpha value is -0.550. The normalized spacial score (nSPS) is 32.4. The molecule has 0 amide bonds. The van der Waals surface area contributed by atoms with E-state index >= 15 is 0 Å². The number of hydrogen-bond acceptors (Lipinski definition) is 2. The van der Waals surface area contributed by atoms with Crippen LogP contribution in [0.1, 0.15) is 59.3 Å². The molecule has 1 saturated carbocycles. The first-order chi connectivity index (χ1) is 7.53. The number of hydrogen-bond donors (Lipinski definition) is 1. The molecule has 0 aromatic carbocycles. The van der Waals surface area contributed by atoms with Gasteiger partial charge in [-0.15, -0.1) is 0 Å². The molecule has 1 atom stereocenters. The number of nitriles is 1. The molecule has 0 aromatic rings. The number of aliphatic hydroxyl groups is 1. The van der Waals surface area contributed by atoms with Crippen molar-refractivity contribution < 1.29 is 5.11 Å². The van der Waals surface area contributed by atoms with Crippen LogP contribution in [0.3, 0.4) is 0 Å². The fourth-order valence-corrected chi connectivity index (χ4v) is 2.90. The molecule has 92 valence electrons. The second kappa shape index (κ2) is 5.68. The van der Waals surface area contributed by atoms with E-state index in [2.05, 4.69) is 26.8 Å². The fraction of sp³-hybridized carbons (Fsp3) is 0.929. The van der Waals surface area contributed by atoms with Gasteiger partial charge in [0, 0.05) is 0 Å². The first-order valence-electron chi connectivity index (χ1n) is 6.65. The summed E-state index contributed by atoms with van der Waals surface area (Å²) in [5, 5.41) is 19.7.